The van der Waals surface area contributed by atoms with Crippen molar-refractivity contribution < 1.29 is 9.66 Å². The summed E-state index contributed by atoms with van der Waals surface area (Å²) in [5, 5.41) is 17.4. The summed E-state index contributed by atoms with van der Waals surface area (Å²) in [5.41, 5.74) is 0.822. The van der Waals surface area contributed by atoms with Crippen LogP contribution in [0.1, 0.15) is 0 Å². The summed E-state index contributed by atoms with van der Waals surface area (Å²) in [5.74, 6) is 0.280. The lowest BCUT2D eigenvalue weighted by atomic mass is 10.2. The van der Waals surface area contributed by atoms with E-state index in [0.717, 1.165) is 45.0 Å². The fourth-order valence-corrected chi connectivity index (χ4v) is 2.23. The van der Waals surface area contributed by atoms with E-state index in [2.05, 4.69) is 15.5 Å². The Hall–Kier alpha value is -1.86. The summed E-state index contributed by atoms with van der Waals surface area (Å²) in [7, 11) is 1.44. The van der Waals surface area contributed by atoms with Crippen molar-refractivity contribution in [3.8, 4) is 5.75 Å². The third-order valence-corrected chi connectivity index (χ3v) is 3.34. The van der Waals surface area contributed by atoms with Crippen molar-refractivity contribution in [3.05, 3.63) is 28.3 Å². The quantitative estimate of drug-likeness (QED) is 0.596. The van der Waals surface area contributed by atoms with Crippen LogP contribution in [0.25, 0.3) is 0 Å². The molecular formula is C13H20N4O3. The first-order valence-electron chi connectivity index (χ1n) is 6.70. The maximum atomic E-state index is 10.8. The van der Waals surface area contributed by atoms with Crippen molar-refractivity contribution >= 4 is 11.4 Å². The maximum absolute atomic E-state index is 10.8. The topological polar surface area (TPSA) is 79.7 Å². The predicted octanol–water partition coefficient (Wildman–Crippen LogP) is 0.921. The van der Waals surface area contributed by atoms with E-state index >= 15 is 0 Å². The summed E-state index contributed by atoms with van der Waals surface area (Å²) >= 11 is 0. The van der Waals surface area contributed by atoms with Gasteiger partial charge >= 0.3 is 5.69 Å². The SMILES string of the molecule is COc1cc(NCCN2CCNCC2)ccc1[N+](=O)[O-]. The molecule has 0 saturated carbocycles. The van der Waals surface area contributed by atoms with E-state index in [1.165, 1.54) is 13.2 Å². The van der Waals surface area contributed by atoms with Gasteiger partial charge in [0.05, 0.1) is 12.0 Å². The lowest BCUT2D eigenvalue weighted by Crippen LogP contribution is -2.45. The molecule has 0 radical (unpaired) electrons. The largest absolute Gasteiger partial charge is 0.490 e. The van der Waals surface area contributed by atoms with E-state index in [9.17, 15) is 10.1 Å². The minimum absolute atomic E-state index is 0.0137. The van der Waals surface area contributed by atoms with Crippen LogP contribution in [0.3, 0.4) is 0 Å². The van der Waals surface area contributed by atoms with Crippen molar-refractivity contribution in [2.24, 2.45) is 0 Å². The molecule has 0 spiro atoms. The Balaban J connectivity index is 1.87. The fourth-order valence-electron chi connectivity index (χ4n) is 2.23. The number of piperazine rings is 1. The zero-order valence-corrected chi connectivity index (χ0v) is 11.6. The third kappa shape index (κ3) is 3.82. The molecule has 2 N–H and O–H groups in total. The molecule has 0 bridgehead atoms. The molecule has 1 saturated heterocycles. The normalized spacial score (nSPS) is 15.8. The van der Waals surface area contributed by atoms with Crippen LogP contribution < -0.4 is 15.4 Å². The summed E-state index contributed by atoms with van der Waals surface area (Å²) < 4.78 is 5.04. The first-order chi connectivity index (χ1) is 9.70. The second-order valence-electron chi connectivity index (χ2n) is 4.66. The van der Waals surface area contributed by atoms with Gasteiger partial charge in [0.15, 0.2) is 5.75 Å². The Morgan fingerprint density at radius 2 is 2.20 bits per heavy atom. The Labute approximate surface area is 118 Å². The van der Waals surface area contributed by atoms with Gasteiger partial charge in [0, 0.05) is 57.1 Å². The van der Waals surface area contributed by atoms with Crippen LogP contribution in [0.15, 0.2) is 18.2 Å². The number of hydrogen-bond donors (Lipinski definition) is 2. The van der Waals surface area contributed by atoms with Crippen molar-refractivity contribution in [1.82, 2.24) is 10.2 Å². The first-order valence-corrected chi connectivity index (χ1v) is 6.70. The molecule has 7 heteroatoms. The number of nitrogens with zero attached hydrogens (tertiary/aromatic N) is 2. The molecule has 1 aliphatic rings. The van der Waals surface area contributed by atoms with E-state index < -0.39 is 4.92 Å². The first kappa shape index (κ1) is 14.5. The number of nitro groups is 1. The maximum Gasteiger partial charge on any atom is 0.311 e. The average Bonchev–Trinajstić information content (AvgIpc) is 2.48. The zero-order chi connectivity index (χ0) is 14.4. The molecule has 1 aromatic carbocycles. The van der Waals surface area contributed by atoms with Gasteiger partial charge in [-0.05, 0) is 6.07 Å². The minimum atomic E-state index is -0.441. The standard InChI is InChI=1S/C13H20N4O3/c1-20-13-10-11(2-3-12(13)17(18)19)15-6-9-16-7-4-14-5-8-16/h2-3,10,14-15H,4-9H2,1H3. The van der Waals surface area contributed by atoms with Crippen LogP contribution in [0.4, 0.5) is 11.4 Å². The number of nitrogens with one attached hydrogen (secondary N) is 2. The van der Waals surface area contributed by atoms with Crippen LogP contribution in [0, 0.1) is 10.1 Å². The minimum Gasteiger partial charge on any atom is -0.490 e. The van der Waals surface area contributed by atoms with E-state index in [-0.39, 0.29) is 11.4 Å². The molecule has 0 aromatic heterocycles. The van der Waals surface area contributed by atoms with E-state index in [1.54, 1.807) is 12.1 Å². The van der Waals surface area contributed by atoms with E-state index in [4.69, 9.17) is 4.74 Å². The van der Waals surface area contributed by atoms with Crippen molar-refractivity contribution in [2.75, 3.05) is 51.7 Å². The second-order valence-corrected chi connectivity index (χ2v) is 4.66. The summed E-state index contributed by atoms with van der Waals surface area (Å²) in [6.45, 7) is 5.95. The van der Waals surface area contributed by atoms with Gasteiger partial charge < -0.3 is 15.4 Å². The monoisotopic (exact) mass is 280 g/mol. The molecule has 110 valence electrons. The third-order valence-electron chi connectivity index (χ3n) is 3.34. The van der Waals surface area contributed by atoms with Crippen LogP contribution in [0.5, 0.6) is 5.75 Å². The van der Waals surface area contributed by atoms with Gasteiger partial charge in [-0.15, -0.1) is 0 Å². The number of nitro benzene ring substituents is 1. The molecule has 0 amide bonds. The number of ether oxygens (including phenoxy) is 1. The molecule has 0 unspecified atom stereocenters. The second kappa shape index (κ2) is 7.06. The van der Waals surface area contributed by atoms with Gasteiger partial charge in [0.2, 0.25) is 0 Å². The summed E-state index contributed by atoms with van der Waals surface area (Å²) in [6.07, 6.45) is 0. The van der Waals surface area contributed by atoms with E-state index in [0.29, 0.717) is 0 Å². The summed E-state index contributed by atoms with van der Waals surface area (Å²) in [6, 6.07) is 4.83. The molecule has 0 atom stereocenters. The molecule has 1 heterocycles. The molecule has 1 aromatic rings. The fraction of sp³-hybridized carbons (Fsp3) is 0.538. The number of anilines is 1. The van der Waals surface area contributed by atoms with Crippen LogP contribution in [-0.2, 0) is 0 Å². The highest BCUT2D eigenvalue weighted by molar-refractivity contribution is 5.57. The van der Waals surface area contributed by atoms with Crippen molar-refractivity contribution in [1.29, 1.82) is 0 Å². The molecule has 1 aliphatic heterocycles. The number of methoxy groups -OCH3 is 1. The Kier molecular flexibility index (Phi) is 5.14. The molecular weight excluding hydrogens is 260 g/mol. The van der Waals surface area contributed by atoms with Crippen LogP contribution in [0.2, 0.25) is 0 Å². The lowest BCUT2D eigenvalue weighted by Gasteiger charge is -2.27. The van der Waals surface area contributed by atoms with Crippen molar-refractivity contribution in [3.63, 3.8) is 0 Å². The highest BCUT2D eigenvalue weighted by Gasteiger charge is 2.14. The van der Waals surface area contributed by atoms with Gasteiger partial charge in [-0.1, -0.05) is 0 Å². The van der Waals surface area contributed by atoms with Gasteiger partial charge in [-0.3, -0.25) is 15.0 Å². The molecule has 2 rings (SSSR count). The number of rotatable bonds is 6. The van der Waals surface area contributed by atoms with Gasteiger partial charge in [0.25, 0.3) is 0 Å². The highest BCUT2D eigenvalue weighted by atomic mass is 16.6. The molecule has 7 nitrogen and oxygen atoms in total. The highest BCUT2D eigenvalue weighted by Crippen LogP contribution is 2.29. The van der Waals surface area contributed by atoms with Gasteiger partial charge in [-0.2, -0.15) is 0 Å². The number of benzene rings is 1. The van der Waals surface area contributed by atoms with E-state index in [1.807, 2.05) is 0 Å². The smallest absolute Gasteiger partial charge is 0.311 e. The predicted molar refractivity (Wildman–Crippen MR) is 77.4 cm³/mol. The average molecular weight is 280 g/mol. The van der Waals surface area contributed by atoms with Crippen LogP contribution in [-0.4, -0.2) is 56.2 Å². The Morgan fingerprint density at radius 3 is 2.85 bits per heavy atom. The molecule has 1 fully saturated rings. The summed E-state index contributed by atoms with van der Waals surface area (Å²) in [4.78, 5) is 12.7. The Morgan fingerprint density at radius 1 is 1.45 bits per heavy atom. The lowest BCUT2D eigenvalue weighted by molar-refractivity contribution is -0.385. The van der Waals surface area contributed by atoms with Gasteiger partial charge in [0.1, 0.15) is 0 Å². The van der Waals surface area contributed by atoms with Gasteiger partial charge in [-0.25, -0.2) is 0 Å². The van der Waals surface area contributed by atoms with Crippen molar-refractivity contribution in [2.45, 2.75) is 0 Å². The number of hydrogen-bond acceptors (Lipinski definition) is 6. The Bertz CT molecular complexity index is 461. The van der Waals surface area contributed by atoms with Crippen LogP contribution >= 0.6 is 0 Å². The molecule has 20 heavy (non-hydrogen) atoms. The molecule has 0 aliphatic carbocycles. The zero-order valence-electron chi connectivity index (χ0n) is 11.6.